The summed E-state index contributed by atoms with van der Waals surface area (Å²) in [6, 6.07) is 2.27. The van der Waals surface area contributed by atoms with E-state index in [2.05, 4.69) is 30.1 Å². The fourth-order valence-electron chi connectivity index (χ4n) is 1.46. The summed E-state index contributed by atoms with van der Waals surface area (Å²) in [7, 11) is 0. The van der Waals surface area contributed by atoms with Gasteiger partial charge >= 0.3 is 0 Å². The van der Waals surface area contributed by atoms with Crippen molar-refractivity contribution in [2.75, 3.05) is 39.4 Å². The van der Waals surface area contributed by atoms with Gasteiger partial charge in [0, 0.05) is 19.7 Å². The molecule has 0 bridgehead atoms. The van der Waals surface area contributed by atoms with Crippen LogP contribution in [-0.4, -0.2) is 49.8 Å². The third-order valence-corrected chi connectivity index (χ3v) is 2.68. The smallest absolute Gasteiger partial charge is 0.127 e. The maximum absolute atomic E-state index is 9.09. The Morgan fingerprint density at radius 2 is 1.94 bits per heavy atom. The molecule has 0 heterocycles. The van der Waals surface area contributed by atoms with E-state index in [4.69, 9.17) is 10.00 Å². The molecule has 0 amide bonds. The molecule has 0 aliphatic carbocycles. The van der Waals surface area contributed by atoms with Crippen molar-refractivity contribution in [2.45, 2.75) is 33.2 Å². The second-order valence-electron chi connectivity index (χ2n) is 4.03. The fraction of sp³-hybridized carbons (Fsp3) is 0.917. The second-order valence-corrected chi connectivity index (χ2v) is 4.03. The van der Waals surface area contributed by atoms with Crippen LogP contribution in [0, 0.1) is 11.3 Å². The van der Waals surface area contributed by atoms with E-state index in [-0.39, 0.29) is 0 Å². The second kappa shape index (κ2) is 8.51. The Morgan fingerprint density at radius 3 is 2.38 bits per heavy atom. The Labute approximate surface area is 99.6 Å². The normalized spacial score (nSPS) is 14.8. The van der Waals surface area contributed by atoms with Gasteiger partial charge in [-0.1, -0.05) is 13.8 Å². The Morgan fingerprint density at radius 1 is 1.31 bits per heavy atom. The summed E-state index contributed by atoms with van der Waals surface area (Å²) in [6.45, 7) is 13.1. The van der Waals surface area contributed by atoms with Gasteiger partial charge in [-0.15, -0.1) is 0 Å². The molecule has 0 saturated carbocycles. The van der Waals surface area contributed by atoms with E-state index in [1.165, 1.54) is 0 Å². The molecule has 4 nitrogen and oxygen atoms in total. The molecule has 4 heteroatoms. The van der Waals surface area contributed by atoms with Gasteiger partial charge in [-0.05, 0) is 26.9 Å². The van der Waals surface area contributed by atoms with Gasteiger partial charge in [0.25, 0.3) is 0 Å². The highest BCUT2D eigenvalue weighted by molar-refractivity contribution is 5.03. The van der Waals surface area contributed by atoms with E-state index in [1.807, 2.05) is 13.8 Å². The summed E-state index contributed by atoms with van der Waals surface area (Å²) in [5, 5.41) is 12.3. The lowest BCUT2D eigenvalue weighted by Crippen LogP contribution is -2.48. The fourth-order valence-corrected chi connectivity index (χ4v) is 1.46. The van der Waals surface area contributed by atoms with Crippen LogP contribution in [0.2, 0.25) is 0 Å². The van der Waals surface area contributed by atoms with Gasteiger partial charge in [-0.25, -0.2) is 0 Å². The Bertz CT molecular complexity index is 211. The average molecular weight is 227 g/mol. The number of ether oxygens (including phenoxy) is 1. The minimum atomic E-state index is -0.566. The zero-order valence-corrected chi connectivity index (χ0v) is 11.0. The lowest BCUT2D eigenvalue weighted by molar-refractivity contribution is 0.104. The van der Waals surface area contributed by atoms with Crippen LogP contribution < -0.4 is 5.32 Å². The summed E-state index contributed by atoms with van der Waals surface area (Å²) in [4.78, 5) is 2.32. The topological polar surface area (TPSA) is 48.3 Å². The van der Waals surface area contributed by atoms with E-state index in [9.17, 15) is 0 Å². The van der Waals surface area contributed by atoms with Gasteiger partial charge in [0.05, 0.1) is 12.7 Å². The molecule has 1 unspecified atom stereocenters. The molecule has 0 radical (unpaired) electrons. The molecule has 0 rings (SSSR count). The molecular weight excluding hydrogens is 202 g/mol. The number of rotatable bonds is 9. The number of nitrogens with one attached hydrogen (secondary N) is 1. The number of hydrogen-bond acceptors (Lipinski definition) is 4. The SMILES string of the molecule is CCOCC(C)(C#N)NCCN(CC)CC. The predicted molar refractivity (Wildman–Crippen MR) is 66.3 cm³/mol. The maximum atomic E-state index is 9.09. The van der Waals surface area contributed by atoms with Crippen molar-refractivity contribution in [3.8, 4) is 6.07 Å². The molecule has 1 atom stereocenters. The molecule has 16 heavy (non-hydrogen) atoms. The van der Waals surface area contributed by atoms with Crippen molar-refractivity contribution >= 4 is 0 Å². The minimum absolute atomic E-state index is 0.443. The first kappa shape index (κ1) is 15.4. The molecule has 0 aliphatic rings. The average Bonchev–Trinajstić information content (AvgIpc) is 2.32. The first-order valence-corrected chi connectivity index (χ1v) is 6.08. The van der Waals surface area contributed by atoms with Crippen LogP contribution in [0.4, 0.5) is 0 Å². The largest absolute Gasteiger partial charge is 0.379 e. The van der Waals surface area contributed by atoms with Crippen LogP contribution in [0.15, 0.2) is 0 Å². The van der Waals surface area contributed by atoms with Crippen molar-refractivity contribution in [3.05, 3.63) is 0 Å². The summed E-state index contributed by atoms with van der Waals surface area (Å²) in [6.07, 6.45) is 0. The van der Waals surface area contributed by atoms with Crippen LogP contribution in [0.5, 0.6) is 0 Å². The molecule has 0 aromatic carbocycles. The van der Waals surface area contributed by atoms with Crippen molar-refractivity contribution in [1.82, 2.24) is 10.2 Å². The Hall–Kier alpha value is -0.630. The van der Waals surface area contributed by atoms with Crippen LogP contribution in [0.1, 0.15) is 27.7 Å². The Kier molecular flexibility index (Phi) is 8.18. The summed E-state index contributed by atoms with van der Waals surface area (Å²) in [5.74, 6) is 0. The summed E-state index contributed by atoms with van der Waals surface area (Å²) in [5.41, 5.74) is -0.566. The first-order valence-electron chi connectivity index (χ1n) is 6.08. The molecule has 0 spiro atoms. The van der Waals surface area contributed by atoms with Gasteiger partial charge in [-0.3, -0.25) is 5.32 Å². The molecule has 0 aliphatic heterocycles. The number of nitrogens with zero attached hydrogens (tertiary/aromatic N) is 2. The lowest BCUT2D eigenvalue weighted by atomic mass is 10.1. The van der Waals surface area contributed by atoms with Crippen LogP contribution in [-0.2, 0) is 4.74 Å². The number of nitriles is 1. The van der Waals surface area contributed by atoms with Gasteiger partial charge in [0.1, 0.15) is 5.54 Å². The van der Waals surface area contributed by atoms with Crippen LogP contribution >= 0.6 is 0 Å². The van der Waals surface area contributed by atoms with Gasteiger partial charge < -0.3 is 9.64 Å². The molecule has 94 valence electrons. The zero-order valence-electron chi connectivity index (χ0n) is 11.0. The summed E-state index contributed by atoms with van der Waals surface area (Å²) >= 11 is 0. The van der Waals surface area contributed by atoms with E-state index in [0.717, 1.165) is 26.2 Å². The highest BCUT2D eigenvalue weighted by Gasteiger charge is 2.22. The van der Waals surface area contributed by atoms with Crippen molar-refractivity contribution in [3.63, 3.8) is 0 Å². The molecule has 0 fully saturated rings. The van der Waals surface area contributed by atoms with E-state index in [1.54, 1.807) is 0 Å². The zero-order chi connectivity index (χ0) is 12.4. The van der Waals surface area contributed by atoms with Gasteiger partial charge in [-0.2, -0.15) is 5.26 Å². The van der Waals surface area contributed by atoms with Gasteiger partial charge in [0.2, 0.25) is 0 Å². The van der Waals surface area contributed by atoms with E-state index < -0.39 is 5.54 Å². The first-order chi connectivity index (χ1) is 7.61. The van der Waals surface area contributed by atoms with Crippen LogP contribution in [0.25, 0.3) is 0 Å². The maximum Gasteiger partial charge on any atom is 0.127 e. The van der Waals surface area contributed by atoms with E-state index >= 15 is 0 Å². The molecule has 0 aromatic heterocycles. The molecule has 1 N–H and O–H groups in total. The van der Waals surface area contributed by atoms with Crippen molar-refractivity contribution in [1.29, 1.82) is 5.26 Å². The number of likely N-dealkylation sites (N-methyl/N-ethyl adjacent to an activating group) is 1. The van der Waals surface area contributed by atoms with Crippen molar-refractivity contribution in [2.24, 2.45) is 0 Å². The van der Waals surface area contributed by atoms with Crippen molar-refractivity contribution < 1.29 is 4.74 Å². The molecule has 0 saturated heterocycles. The van der Waals surface area contributed by atoms with Crippen LogP contribution in [0.3, 0.4) is 0 Å². The third-order valence-electron chi connectivity index (χ3n) is 2.68. The van der Waals surface area contributed by atoms with E-state index in [0.29, 0.717) is 13.2 Å². The predicted octanol–water partition coefficient (Wildman–Crippen LogP) is 1.24. The minimum Gasteiger partial charge on any atom is -0.379 e. The highest BCUT2D eigenvalue weighted by atomic mass is 16.5. The summed E-state index contributed by atoms with van der Waals surface area (Å²) < 4.78 is 5.30. The lowest BCUT2D eigenvalue weighted by Gasteiger charge is -2.25. The standard InChI is InChI=1S/C12H25N3O/c1-5-15(6-2)9-8-14-12(4,10-13)11-16-7-3/h14H,5-9,11H2,1-4H3. The highest BCUT2D eigenvalue weighted by Crippen LogP contribution is 2.02. The molecule has 0 aromatic rings. The monoisotopic (exact) mass is 227 g/mol. The number of hydrogen-bond donors (Lipinski definition) is 1. The molecular formula is C12H25N3O. The Balaban J connectivity index is 3.90. The third kappa shape index (κ3) is 6.06. The quantitative estimate of drug-likeness (QED) is 0.644. The van der Waals surface area contributed by atoms with Gasteiger partial charge in [0.15, 0.2) is 0 Å².